The van der Waals surface area contributed by atoms with Crippen molar-refractivity contribution in [3.63, 3.8) is 0 Å². The molecule has 0 radical (unpaired) electrons. The van der Waals surface area contributed by atoms with Gasteiger partial charge in [0.25, 0.3) is 0 Å². The van der Waals surface area contributed by atoms with Gasteiger partial charge in [0, 0.05) is 18.3 Å². The van der Waals surface area contributed by atoms with Crippen LogP contribution in [0.15, 0.2) is 6.20 Å². The van der Waals surface area contributed by atoms with Gasteiger partial charge in [-0.2, -0.15) is 13.2 Å². The van der Waals surface area contributed by atoms with E-state index in [0.29, 0.717) is 6.20 Å². The number of halogens is 6. The van der Waals surface area contributed by atoms with E-state index in [1.165, 1.54) is 0 Å². The molecular weight excluding hydrogens is 282 g/mol. The molecule has 0 aliphatic rings. The van der Waals surface area contributed by atoms with Crippen molar-refractivity contribution in [3.05, 3.63) is 23.0 Å². The largest absolute Gasteiger partial charge is 0.573 e. The maximum absolute atomic E-state index is 12.7. The lowest BCUT2D eigenvalue weighted by atomic mass is 10.1. The van der Waals surface area contributed by atoms with E-state index < -0.39 is 41.7 Å². The molecule has 2 N–H and O–H groups in total. The van der Waals surface area contributed by atoms with Gasteiger partial charge in [-0.3, -0.25) is 9.78 Å². The van der Waals surface area contributed by atoms with Gasteiger partial charge in [-0.15, -0.1) is 13.2 Å². The molecule has 0 saturated heterocycles. The topological polar surface area (TPSA) is 65.2 Å². The van der Waals surface area contributed by atoms with Gasteiger partial charge in [0.2, 0.25) is 0 Å². The molecule has 0 amide bonds. The Balaban J connectivity index is 3.57. The van der Waals surface area contributed by atoms with E-state index in [1.54, 1.807) is 0 Å². The first-order valence-corrected chi connectivity index (χ1v) is 4.60. The summed E-state index contributed by atoms with van der Waals surface area (Å²) in [5.41, 5.74) is 1.34. The van der Waals surface area contributed by atoms with Crippen molar-refractivity contribution in [2.45, 2.75) is 19.1 Å². The Morgan fingerprint density at radius 3 is 2.21 bits per heavy atom. The minimum absolute atomic E-state index is 0.265. The van der Waals surface area contributed by atoms with Crippen LogP contribution in [0, 0.1) is 0 Å². The van der Waals surface area contributed by atoms with Crippen molar-refractivity contribution in [2.24, 2.45) is 5.73 Å². The lowest BCUT2D eigenvalue weighted by molar-refractivity contribution is -0.276. The molecule has 0 aliphatic carbocycles. The van der Waals surface area contributed by atoms with E-state index in [-0.39, 0.29) is 6.29 Å². The molecule has 0 spiro atoms. The molecule has 4 nitrogen and oxygen atoms in total. The molecule has 0 fully saturated rings. The van der Waals surface area contributed by atoms with Gasteiger partial charge < -0.3 is 10.5 Å². The van der Waals surface area contributed by atoms with E-state index in [0.717, 1.165) is 0 Å². The SMILES string of the molecule is NCc1ncc(C=O)c(C(F)(F)F)c1OC(F)(F)F. The van der Waals surface area contributed by atoms with Crippen LogP contribution in [-0.4, -0.2) is 17.6 Å². The first-order chi connectivity index (χ1) is 8.60. The number of pyridine rings is 1. The van der Waals surface area contributed by atoms with Gasteiger partial charge in [0.05, 0.1) is 5.69 Å². The molecule has 0 aromatic carbocycles. The average Bonchev–Trinajstić information content (AvgIpc) is 2.24. The van der Waals surface area contributed by atoms with E-state index in [2.05, 4.69) is 9.72 Å². The molecule has 1 aromatic heterocycles. The average molecular weight is 288 g/mol. The number of aromatic nitrogens is 1. The fourth-order valence-corrected chi connectivity index (χ4v) is 1.30. The number of hydrogen-bond donors (Lipinski definition) is 1. The summed E-state index contributed by atoms with van der Waals surface area (Å²) in [6.45, 7) is -0.715. The van der Waals surface area contributed by atoms with Crippen molar-refractivity contribution in [1.29, 1.82) is 0 Å². The number of nitrogens with zero attached hydrogens (tertiary/aromatic N) is 1. The first-order valence-electron chi connectivity index (χ1n) is 4.60. The maximum atomic E-state index is 12.7. The minimum atomic E-state index is -5.37. The van der Waals surface area contributed by atoms with E-state index >= 15 is 0 Å². The maximum Gasteiger partial charge on any atom is 0.573 e. The normalized spacial score (nSPS) is 12.4. The van der Waals surface area contributed by atoms with Gasteiger partial charge >= 0.3 is 12.5 Å². The molecule has 0 saturated carbocycles. The zero-order chi connectivity index (χ0) is 14.8. The summed E-state index contributed by atoms with van der Waals surface area (Å²) in [4.78, 5) is 13.7. The molecule has 106 valence electrons. The first kappa shape index (κ1) is 15.2. The highest BCUT2D eigenvalue weighted by Gasteiger charge is 2.43. The van der Waals surface area contributed by atoms with Gasteiger partial charge in [-0.05, 0) is 0 Å². The fourth-order valence-electron chi connectivity index (χ4n) is 1.30. The van der Waals surface area contributed by atoms with Crippen LogP contribution in [0.2, 0.25) is 0 Å². The monoisotopic (exact) mass is 288 g/mol. The predicted molar refractivity (Wildman–Crippen MR) is 49.2 cm³/mol. The number of carbonyl (C=O) groups is 1. The number of nitrogens with two attached hydrogens (primary N) is 1. The molecule has 1 rings (SSSR count). The predicted octanol–water partition coefficient (Wildman–Crippen LogP) is 2.27. The molecule has 0 atom stereocenters. The fraction of sp³-hybridized carbons (Fsp3) is 0.333. The quantitative estimate of drug-likeness (QED) is 0.684. The minimum Gasteiger partial charge on any atom is -0.403 e. The van der Waals surface area contributed by atoms with Crippen LogP contribution in [0.4, 0.5) is 26.3 Å². The highest BCUT2D eigenvalue weighted by molar-refractivity contribution is 5.78. The Bertz CT molecular complexity index is 483. The lowest BCUT2D eigenvalue weighted by Gasteiger charge is -2.18. The zero-order valence-electron chi connectivity index (χ0n) is 8.97. The third-order valence-electron chi connectivity index (χ3n) is 1.96. The Hall–Kier alpha value is -1.84. The number of ether oxygens (including phenoxy) is 1. The number of aldehydes is 1. The van der Waals surface area contributed by atoms with Crippen molar-refractivity contribution < 1.29 is 35.9 Å². The highest BCUT2D eigenvalue weighted by Crippen LogP contribution is 2.41. The number of hydrogen-bond acceptors (Lipinski definition) is 4. The van der Waals surface area contributed by atoms with Crippen molar-refractivity contribution in [3.8, 4) is 5.75 Å². The summed E-state index contributed by atoms with van der Waals surface area (Å²) in [6.07, 6.45) is -10.4. The molecule has 1 aromatic rings. The Morgan fingerprint density at radius 1 is 1.26 bits per heavy atom. The molecule has 0 bridgehead atoms. The summed E-state index contributed by atoms with van der Waals surface area (Å²) >= 11 is 0. The highest BCUT2D eigenvalue weighted by atomic mass is 19.4. The molecular formula is C9H6F6N2O2. The summed E-state index contributed by atoms with van der Waals surface area (Å²) in [5, 5.41) is 0. The smallest absolute Gasteiger partial charge is 0.403 e. The Kier molecular flexibility index (Phi) is 4.03. The third kappa shape index (κ3) is 3.56. The van der Waals surface area contributed by atoms with Crippen LogP contribution in [0.25, 0.3) is 0 Å². The molecule has 10 heteroatoms. The standard InChI is InChI=1S/C9H6F6N2O2/c10-8(11,12)6-4(3-18)2-17-5(1-16)7(6)19-9(13,14)15/h2-3H,1,16H2. The number of alkyl halides is 6. The van der Waals surface area contributed by atoms with Gasteiger partial charge in [0.15, 0.2) is 12.0 Å². The van der Waals surface area contributed by atoms with Crippen molar-refractivity contribution >= 4 is 6.29 Å². The second-order valence-electron chi connectivity index (χ2n) is 3.23. The second-order valence-corrected chi connectivity index (χ2v) is 3.23. The van der Waals surface area contributed by atoms with Crippen LogP contribution >= 0.6 is 0 Å². The van der Waals surface area contributed by atoms with Crippen LogP contribution in [0.5, 0.6) is 5.75 Å². The molecule has 1 heterocycles. The van der Waals surface area contributed by atoms with E-state index in [1.807, 2.05) is 0 Å². The van der Waals surface area contributed by atoms with Gasteiger partial charge in [-0.25, -0.2) is 0 Å². The molecule has 0 aliphatic heterocycles. The van der Waals surface area contributed by atoms with Crippen LogP contribution in [0.3, 0.4) is 0 Å². The number of rotatable bonds is 3. The van der Waals surface area contributed by atoms with E-state index in [9.17, 15) is 31.1 Å². The molecule has 0 unspecified atom stereocenters. The van der Waals surface area contributed by atoms with Crippen LogP contribution in [0.1, 0.15) is 21.6 Å². The van der Waals surface area contributed by atoms with Crippen LogP contribution in [-0.2, 0) is 12.7 Å². The lowest BCUT2D eigenvalue weighted by Crippen LogP contribution is -2.23. The zero-order valence-corrected chi connectivity index (χ0v) is 8.97. The van der Waals surface area contributed by atoms with Crippen molar-refractivity contribution in [2.75, 3.05) is 0 Å². The summed E-state index contributed by atoms with van der Waals surface area (Å²) in [6, 6.07) is 0. The van der Waals surface area contributed by atoms with E-state index in [4.69, 9.17) is 5.73 Å². The third-order valence-corrected chi connectivity index (χ3v) is 1.96. The van der Waals surface area contributed by atoms with Crippen molar-refractivity contribution in [1.82, 2.24) is 4.98 Å². The Labute approximate surface area is 102 Å². The summed E-state index contributed by atoms with van der Waals surface area (Å²) in [5.74, 6) is -1.60. The summed E-state index contributed by atoms with van der Waals surface area (Å²) < 4.78 is 77.8. The molecule has 19 heavy (non-hydrogen) atoms. The second kappa shape index (κ2) is 5.03. The van der Waals surface area contributed by atoms with Gasteiger partial charge in [-0.1, -0.05) is 0 Å². The Morgan fingerprint density at radius 2 is 1.84 bits per heavy atom. The summed E-state index contributed by atoms with van der Waals surface area (Å²) in [7, 11) is 0. The van der Waals surface area contributed by atoms with Gasteiger partial charge in [0.1, 0.15) is 5.56 Å². The van der Waals surface area contributed by atoms with Crippen LogP contribution < -0.4 is 10.5 Å². The number of carbonyl (C=O) groups excluding carboxylic acids is 1.